The third-order valence-corrected chi connectivity index (χ3v) is 6.03. The van der Waals surface area contributed by atoms with Crippen LogP contribution in [0.1, 0.15) is 36.1 Å². The van der Waals surface area contributed by atoms with Gasteiger partial charge in [0, 0.05) is 23.6 Å². The lowest BCUT2D eigenvalue weighted by Gasteiger charge is -2.35. The van der Waals surface area contributed by atoms with E-state index >= 15 is 0 Å². The molecule has 0 bridgehead atoms. The molecule has 2 atom stereocenters. The Hall–Kier alpha value is -3.67. The number of halogens is 1. The molecule has 2 aliphatic rings. The van der Waals surface area contributed by atoms with Crippen molar-refractivity contribution in [2.75, 3.05) is 5.32 Å². The molecule has 2 aromatic carbocycles. The highest BCUT2D eigenvalue weighted by Gasteiger charge is 2.40. The second-order valence-corrected chi connectivity index (χ2v) is 7.81. The fraction of sp³-hybridized carbons (Fsp3) is 0.167. The van der Waals surface area contributed by atoms with Gasteiger partial charge in [-0.05, 0) is 48.4 Å². The number of rotatable bonds is 2. The molecule has 0 unspecified atom stereocenters. The van der Waals surface area contributed by atoms with Crippen molar-refractivity contribution in [2.24, 2.45) is 0 Å². The van der Waals surface area contributed by atoms with Gasteiger partial charge in [0.1, 0.15) is 11.6 Å². The van der Waals surface area contributed by atoms with E-state index in [-0.39, 0.29) is 23.6 Å². The molecule has 0 fully saturated rings. The Kier molecular flexibility index (Phi) is 3.68. The monoisotopic (exact) mass is 399 g/mol. The molecule has 0 spiro atoms. The van der Waals surface area contributed by atoms with Crippen LogP contribution in [-0.2, 0) is 4.79 Å². The van der Waals surface area contributed by atoms with E-state index in [0.717, 1.165) is 33.6 Å². The second-order valence-electron chi connectivity index (χ2n) is 7.81. The summed E-state index contributed by atoms with van der Waals surface area (Å²) in [5.74, 6) is 1.27. The number of furan rings is 1. The van der Waals surface area contributed by atoms with Gasteiger partial charge in [0.05, 0.1) is 23.3 Å². The van der Waals surface area contributed by atoms with Gasteiger partial charge in [0.15, 0.2) is 5.78 Å². The number of anilines is 1. The van der Waals surface area contributed by atoms with Crippen LogP contribution in [0.15, 0.2) is 82.6 Å². The molecule has 1 N–H and O–H groups in total. The highest BCUT2D eigenvalue weighted by molar-refractivity contribution is 6.01. The molecular weight excluding hydrogens is 381 g/mol. The molecular formula is C24H18FN3O2. The number of Topliss-reactive ketones (excluding diaryl/α,β-unsaturated/α-hetero) is 1. The number of fused-ring (bicyclic) bond motifs is 3. The number of hydrogen-bond donors (Lipinski definition) is 1. The molecule has 1 aliphatic heterocycles. The van der Waals surface area contributed by atoms with Gasteiger partial charge < -0.3 is 9.73 Å². The summed E-state index contributed by atoms with van der Waals surface area (Å²) in [6, 6.07) is 17.6. The van der Waals surface area contributed by atoms with Gasteiger partial charge in [-0.25, -0.2) is 9.37 Å². The maximum absolute atomic E-state index is 13.6. The largest absolute Gasteiger partial charge is 0.469 e. The van der Waals surface area contributed by atoms with E-state index in [1.165, 1.54) is 12.1 Å². The standard InChI is InChI=1S/C24H18FN3O2/c25-16-9-7-14(8-10-16)23-22-18(12-15(13-20(22)29)21-6-3-11-30-21)27-24-26-17-4-1-2-5-19(17)28(23)24/h1-11,15,23H,12-13H2,(H,26,27)/t15-,23+/m1/s1. The Morgan fingerprint density at radius 1 is 1.03 bits per heavy atom. The summed E-state index contributed by atoms with van der Waals surface area (Å²) in [5, 5.41) is 3.42. The van der Waals surface area contributed by atoms with Crippen LogP contribution in [0.2, 0.25) is 0 Å². The molecule has 5 nitrogen and oxygen atoms in total. The van der Waals surface area contributed by atoms with E-state index in [0.29, 0.717) is 18.8 Å². The van der Waals surface area contributed by atoms with Crippen molar-refractivity contribution in [3.8, 4) is 0 Å². The number of hydrogen-bond acceptors (Lipinski definition) is 4. The summed E-state index contributed by atoms with van der Waals surface area (Å²) in [4.78, 5) is 18.2. The SMILES string of the molecule is O=C1C[C@H](c2ccco2)CC2=C1[C@H](c1ccc(F)cc1)n1c(nc3ccccc31)N2. The maximum Gasteiger partial charge on any atom is 0.209 e. The highest BCUT2D eigenvalue weighted by atomic mass is 19.1. The molecule has 0 radical (unpaired) electrons. The molecule has 0 saturated heterocycles. The summed E-state index contributed by atoms with van der Waals surface area (Å²) in [7, 11) is 0. The average molecular weight is 399 g/mol. The summed E-state index contributed by atoms with van der Waals surface area (Å²) >= 11 is 0. The van der Waals surface area contributed by atoms with Crippen molar-refractivity contribution in [3.63, 3.8) is 0 Å². The number of benzene rings is 2. The lowest BCUT2D eigenvalue weighted by molar-refractivity contribution is -0.116. The van der Waals surface area contributed by atoms with Crippen LogP contribution in [0.4, 0.5) is 10.3 Å². The van der Waals surface area contributed by atoms with Crippen molar-refractivity contribution in [1.29, 1.82) is 0 Å². The van der Waals surface area contributed by atoms with E-state index in [4.69, 9.17) is 9.40 Å². The number of carbonyl (C=O) groups excluding carboxylic acids is 1. The van der Waals surface area contributed by atoms with Crippen LogP contribution < -0.4 is 5.32 Å². The first kappa shape index (κ1) is 17.2. The fourth-order valence-electron chi connectivity index (χ4n) is 4.71. The molecule has 30 heavy (non-hydrogen) atoms. The van der Waals surface area contributed by atoms with Crippen molar-refractivity contribution in [2.45, 2.75) is 24.8 Å². The minimum Gasteiger partial charge on any atom is -0.469 e. The lowest BCUT2D eigenvalue weighted by atomic mass is 9.79. The van der Waals surface area contributed by atoms with Crippen LogP contribution in [0.3, 0.4) is 0 Å². The van der Waals surface area contributed by atoms with E-state index in [1.807, 2.05) is 41.0 Å². The van der Waals surface area contributed by atoms with Gasteiger partial charge in [-0.15, -0.1) is 0 Å². The van der Waals surface area contributed by atoms with Crippen LogP contribution in [0.25, 0.3) is 11.0 Å². The van der Waals surface area contributed by atoms with Crippen molar-refractivity contribution >= 4 is 22.8 Å². The Labute approximate surface area is 171 Å². The first-order valence-electron chi connectivity index (χ1n) is 9.98. The second kappa shape index (κ2) is 6.42. The molecule has 6 heteroatoms. The smallest absolute Gasteiger partial charge is 0.209 e. The van der Waals surface area contributed by atoms with Crippen molar-refractivity contribution < 1.29 is 13.6 Å². The summed E-state index contributed by atoms with van der Waals surface area (Å²) < 4.78 is 21.3. The number of aromatic nitrogens is 2. The summed E-state index contributed by atoms with van der Waals surface area (Å²) in [5.41, 5.74) is 4.23. The molecule has 0 amide bonds. The molecule has 0 saturated carbocycles. The summed E-state index contributed by atoms with van der Waals surface area (Å²) in [6.07, 6.45) is 2.68. The van der Waals surface area contributed by atoms with Crippen LogP contribution in [-0.4, -0.2) is 15.3 Å². The van der Waals surface area contributed by atoms with Gasteiger partial charge in [0.25, 0.3) is 0 Å². The fourth-order valence-corrected chi connectivity index (χ4v) is 4.71. The van der Waals surface area contributed by atoms with Gasteiger partial charge in [-0.2, -0.15) is 0 Å². The molecule has 148 valence electrons. The highest BCUT2D eigenvalue weighted by Crippen LogP contribution is 2.45. The number of nitrogens with zero attached hydrogens (tertiary/aromatic N) is 2. The number of carbonyl (C=O) groups is 1. The zero-order valence-electron chi connectivity index (χ0n) is 16.0. The predicted octanol–water partition coefficient (Wildman–Crippen LogP) is 5.18. The third kappa shape index (κ3) is 2.53. The van der Waals surface area contributed by atoms with Gasteiger partial charge >= 0.3 is 0 Å². The van der Waals surface area contributed by atoms with Crippen molar-refractivity contribution in [3.05, 3.63) is 95.3 Å². The molecule has 4 aromatic rings. The Morgan fingerprint density at radius 3 is 2.67 bits per heavy atom. The zero-order chi connectivity index (χ0) is 20.2. The number of imidazole rings is 1. The topological polar surface area (TPSA) is 60.1 Å². The van der Waals surface area contributed by atoms with E-state index in [9.17, 15) is 9.18 Å². The number of allylic oxidation sites excluding steroid dienone is 2. The third-order valence-electron chi connectivity index (χ3n) is 6.03. The summed E-state index contributed by atoms with van der Waals surface area (Å²) in [6.45, 7) is 0. The Bertz CT molecular complexity index is 1300. The Balaban J connectivity index is 1.55. The van der Waals surface area contributed by atoms with Crippen molar-refractivity contribution in [1.82, 2.24) is 9.55 Å². The van der Waals surface area contributed by atoms with E-state index in [2.05, 4.69) is 5.32 Å². The minimum absolute atomic E-state index is 0.0106. The number of nitrogens with one attached hydrogen (secondary N) is 1. The molecule has 2 aromatic heterocycles. The minimum atomic E-state index is -0.352. The average Bonchev–Trinajstić information content (AvgIpc) is 3.41. The predicted molar refractivity (Wildman–Crippen MR) is 111 cm³/mol. The van der Waals surface area contributed by atoms with E-state index in [1.54, 1.807) is 18.4 Å². The quantitative estimate of drug-likeness (QED) is 0.504. The first-order chi connectivity index (χ1) is 14.7. The molecule has 3 heterocycles. The van der Waals surface area contributed by atoms with Gasteiger partial charge in [0.2, 0.25) is 5.95 Å². The van der Waals surface area contributed by atoms with E-state index < -0.39 is 0 Å². The zero-order valence-corrected chi connectivity index (χ0v) is 16.0. The molecule has 6 rings (SSSR count). The van der Waals surface area contributed by atoms with Crippen LogP contribution in [0, 0.1) is 5.82 Å². The van der Waals surface area contributed by atoms with Crippen LogP contribution in [0.5, 0.6) is 0 Å². The number of para-hydroxylation sites is 2. The van der Waals surface area contributed by atoms with Crippen LogP contribution >= 0.6 is 0 Å². The Morgan fingerprint density at radius 2 is 1.87 bits per heavy atom. The van der Waals surface area contributed by atoms with Gasteiger partial charge in [-0.3, -0.25) is 9.36 Å². The normalized spacial score (nSPS) is 20.8. The first-order valence-corrected chi connectivity index (χ1v) is 9.98. The number of ketones is 1. The van der Waals surface area contributed by atoms with Gasteiger partial charge in [-0.1, -0.05) is 24.3 Å². The molecule has 1 aliphatic carbocycles. The maximum atomic E-state index is 13.6. The lowest BCUT2D eigenvalue weighted by Crippen LogP contribution is -2.33.